The Labute approximate surface area is 170 Å². The molecule has 0 saturated heterocycles. The zero-order valence-corrected chi connectivity index (χ0v) is 16.5. The number of benzene rings is 2. The van der Waals surface area contributed by atoms with Crippen LogP contribution in [0.15, 0.2) is 81.2 Å². The van der Waals surface area contributed by atoms with Crippen molar-refractivity contribution >= 4 is 34.4 Å². The second-order valence-electron chi connectivity index (χ2n) is 5.71. The Balaban J connectivity index is 1.65. The summed E-state index contributed by atoms with van der Waals surface area (Å²) in [5, 5.41) is 22.2. The molecule has 0 aliphatic rings. The highest BCUT2D eigenvalue weighted by molar-refractivity contribution is 8.00. The van der Waals surface area contributed by atoms with Gasteiger partial charge < -0.3 is 0 Å². The molecule has 0 N–H and O–H groups in total. The molecule has 0 radical (unpaired) electrons. The van der Waals surface area contributed by atoms with Crippen LogP contribution in [0.4, 0.5) is 0 Å². The van der Waals surface area contributed by atoms with E-state index in [1.54, 1.807) is 34.4 Å². The van der Waals surface area contributed by atoms with Gasteiger partial charge in [-0.3, -0.25) is 0 Å². The number of thiophene rings is 2. The smallest absolute Gasteiger partial charge is 0.0991 e. The number of hydrogen-bond acceptors (Lipinski definition) is 5. The molecule has 2 aromatic heterocycles. The third kappa shape index (κ3) is 3.67. The van der Waals surface area contributed by atoms with Crippen molar-refractivity contribution in [1.29, 1.82) is 10.5 Å². The average Bonchev–Trinajstić information content (AvgIpc) is 3.38. The lowest BCUT2D eigenvalue weighted by Crippen LogP contribution is -1.80. The minimum absolute atomic E-state index is 0.672. The molecule has 5 heteroatoms. The summed E-state index contributed by atoms with van der Waals surface area (Å²) in [6, 6.07) is 24.1. The van der Waals surface area contributed by atoms with E-state index in [0.29, 0.717) is 11.1 Å². The van der Waals surface area contributed by atoms with Crippen LogP contribution in [0.2, 0.25) is 0 Å². The first-order valence-corrected chi connectivity index (χ1v) is 10.7. The van der Waals surface area contributed by atoms with Crippen molar-refractivity contribution in [3.05, 3.63) is 82.6 Å². The van der Waals surface area contributed by atoms with Gasteiger partial charge in [-0.1, -0.05) is 36.0 Å². The zero-order valence-electron chi connectivity index (χ0n) is 14.0. The molecule has 2 aromatic carbocycles. The highest BCUT2D eigenvalue weighted by atomic mass is 32.2. The molecule has 0 saturated carbocycles. The van der Waals surface area contributed by atoms with Crippen LogP contribution in [0.25, 0.3) is 20.9 Å². The monoisotopic (exact) mass is 400 g/mol. The van der Waals surface area contributed by atoms with E-state index in [1.165, 1.54) is 19.5 Å². The number of hydrogen-bond donors (Lipinski definition) is 0. The minimum atomic E-state index is 0.672. The molecule has 4 rings (SSSR count). The molecular formula is C22H12N2S3. The largest absolute Gasteiger partial charge is 0.192 e. The Morgan fingerprint density at radius 3 is 1.37 bits per heavy atom. The van der Waals surface area contributed by atoms with Crippen LogP contribution in [0.3, 0.4) is 0 Å². The number of nitrogens with zero attached hydrogens (tertiary/aromatic N) is 2. The Kier molecular flexibility index (Phi) is 5.09. The van der Waals surface area contributed by atoms with E-state index >= 15 is 0 Å². The van der Waals surface area contributed by atoms with E-state index in [-0.39, 0.29) is 0 Å². The molecule has 0 atom stereocenters. The first kappa shape index (κ1) is 17.6. The Morgan fingerprint density at radius 1 is 0.593 bits per heavy atom. The molecule has 4 aromatic rings. The van der Waals surface area contributed by atoms with Gasteiger partial charge in [-0.25, -0.2) is 0 Å². The maximum atomic E-state index is 8.99. The van der Waals surface area contributed by atoms with E-state index < -0.39 is 0 Å². The molecule has 0 spiro atoms. The summed E-state index contributed by atoms with van der Waals surface area (Å²) in [4.78, 5) is 4.83. The summed E-state index contributed by atoms with van der Waals surface area (Å²) >= 11 is 5.17. The summed E-state index contributed by atoms with van der Waals surface area (Å²) in [6.45, 7) is 0. The van der Waals surface area contributed by atoms with E-state index in [4.69, 9.17) is 10.5 Å². The van der Waals surface area contributed by atoms with Crippen molar-refractivity contribution in [3.63, 3.8) is 0 Å². The van der Waals surface area contributed by atoms with Crippen LogP contribution in [0.5, 0.6) is 0 Å². The fourth-order valence-electron chi connectivity index (χ4n) is 2.69. The summed E-state index contributed by atoms with van der Waals surface area (Å²) in [5.74, 6) is 0. The molecule has 0 aliphatic heterocycles. The zero-order chi connectivity index (χ0) is 18.6. The summed E-state index contributed by atoms with van der Waals surface area (Å²) in [6.07, 6.45) is 0. The molecular weight excluding hydrogens is 388 g/mol. The van der Waals surface area contributed by atoms with Crippen LogP contribution in [-0.4, -0.2) is 0 Å². The number of nitriles is 2. The molecule has 0 amide bonds. The molecule has 0 aliphatic carbocycles. The van der Waals surface area contributed by atoms with Crippen molar-refractivity contribution in [2.45, 2.75) is 9.79 Å². The Hall–Kier alpha value is -2.83. The number of rotatable bonds is 4. The van der Waals surface area contributed by atoms with Gasteiger partial charge in [-0.05, 0) is 58.3 Å². The molecule has 128 valence electrons. The first-order valence-electron chi connectivity index (χ1n) is 8.12. The molecule has 0 bridgehead atoms. The maximum absolute atomic E-state index is 8.99. The van der Waals surface area contributed by atoms with Crippen molar-refractivity contribution in [1.82, 2.24) is 0 Å². The summed E-state index contributed by atoms with van der Waals surface area (Å²) < 4.78 is 0. The molecule has 0 unspecified atom stereocenters. The van der Waals surface area contributed by atoms with Gasteiger partial charge in [0.1, 0.15) is 0 Å². The van der Waals surface area contributed by atoms with E-state index in [2.05, 4.69) is 35.0 Å². The Bertz CT molecular complexity index is 1060. The topological polar surface area (TPSA) is 47.6 Å². The fourth-order valence-corrected chi connectivity index (χ4v) is 5.92. The van der Waals surface area contributed by atoms with Gasteiger partial charge in [0.2, 0.25) is 0 Å². The second-order valence-corrected chi connectivity index (χ2v) is 8.62. The van der Waals surface area contributed by atoms with Crippen LogP contribution >= 0.6 is 34.4 Å². The van der Waals surface area contributed by atoms with Gasteiger partial charge in [0.25, 0.3) is 0 Å². The quantitative estimate of drug-likeness (QED) is 0.369. The predicted molar refractivity (Wildman–Crippen MR) is 113 cm³/mol. The van der Waals surface area contributed by atoms with E-state index in [0.717, 1.165) is 11.1 Å². The summed E-state index contributed by atoms with van der Waals surface area (Å²) in [5.41, 5.74) is 3.60. The van der Waals surface area contributed by atoms with Gasteiger partial charge in [0.05, 0.1) is 23.3 Å². The lowest BCUT2D eigenvalue weighted by atomic mass is 10.1. The molecule has 0 fully saturated rings. The van der Waals surface area contributed by atoms with Gasteiger partial charge >= 0.3 is 0 Å². The maximum Gasteiger partial charge on any atom is 0.0991 e. The summed E-state index contributed by atoms with van der Waals surface area (Å²) in [7, 11) is 0. The third-order valence-corrected chi connectivity index (χ3v) is 7.34. The van der Waals surface area contributed by atoms with Crippen molar-refractivity contribution in [2.75, 3.05) is 0 Å². The van der Waals surface area contributed by atoms with Gasteiger partial charge in [-0.2, -0.15) is 10.5 Å². The molecule has 2 heterocycles. The van der Waals surface area contributed by atoms with Crippen LogP contribution in [-0.2, 0) is 0 Å². The predicted octanol–water partition coefficient (Wildman–Crippen LogP) is 7.04. The SMILES string of the molecule is N#Cc1ccc(-c2sccc2Sc2ccsc2-c2ccc(C#N)cc2)cc1. The third-order valence-electron chi connectivity index (χ3n) is 4.03. The van der Waals surface area contributed by atoms with Crippen molar-refractivity contribution < 1.29 is 0 Å². The Morgan fingerprint density at radius 2 is 1.00 bits per heavy atom. The minimum Gasteiger partial charge on any atom is -0.192 e. The van der Waals surface area contributed by atoms with Gasteiger partial charge in [-0.15, -0.1) is 22.7 Å². The van der Waals surface area contributed by atoms with Gasteiger partial charge in [0, 0.05) is 19.5 Å². The lowest BCUT2D eigenvalue weighted by molar-refractivity contribution is 1.46. The highest BCUT2D eigenvalue weighted by Crippen LogP contribution is 2.44. The van der Waals surface area contributed by atoms with E-state index in [9.17, 15) is 0 Å². The fraction of sp³-hybridized carbons (Fsp3) is 0. The van der Waals surface area contributed by atoms with Gasteiger partial charge in [0.15, 0.2) is 0 Å². The van der Waals surface area contributed by atoms with Crippen molar-refractivity contribution in [3.8, 4) is 33.0 Å². The second kappa shape index (κ2) is 7.82. The van der Waals surface area contributed by atoms with E-state index in [1.807, 2.05) is 48.5 Å². The van der Waals surface area contributed by atoms with Crippen molar-refractivity contribution in [2.24, 2.45) is 0 Å². The standard InChI is InChI=1S/C22H12N2S3/c23-13-15-1-5-17(6-2-15)21-19(9-11-25-21)27-20-10-12-26-22(20)18-7-3-16(14-24)4-8-18/h1-12H. The normalized spacial score (nSPS) is 10.3. The lowest BCUT2D eigenvalue weighted by Gasteiger charge is -2.06. The average molecular weight is 401 g/mol. The first-order chi connectivity index (χ1) is 13.3. The molecule has 27 heavy (non-hydrogen) atoms. The van der Waals surface area contributed by atoms with Crippen LogP contribution in [0, 0.1) is 22.7 Å². The molecule has 2 nitrogen and oxygen atoms in total. The highest BCUT2D eigenvalue weighted by Gasteiger charge is 2.13. The van der Waals surface area contributed by atoms with Crippen LogP contribution in [0.1, 0.15) is 11.1 Å². The van der Waals surface area contributed by atoms with Crippen LogP contribution < -0.4 is 0 Å².